The van der Waals surface area contributed by atoms with E-state index in [1.165, 1.54) is 0 Å². The predicted octanol–water partition coefficient (Wildman–Crippen LogP) is 3.16. The molecule has 0 spiro atoms. The van der Waals surface area contributed by atoms with Crippen molar-refractivity contribution in [3.63, 3.8) is 0 Å². The van der Waals surface area contributed by atoms with Gasteiger partial charge in [-0.15, -0.1) is 22.7 Å². The molecule has 0 fully saturated rings. The number of nitrogens with zero attached hydrogens (tertiary/aromatic N) is 3. The summed E-state index contributed by atoms with van der Waals surface area (Å²) in [5.41, 5.74) is 8.86. The molecule has 3 aromatic rings. The molecule has 0 saturated carbocycles. The normalized spacial score (nSPS) is 11.0. The average Bonchev–Trinajstić information content (AvgIpc) is 3.02. The lowest BCUT2D eigenvalue weighted by molar-refractivity contribution is 0.781. The molecule has 3 heterocycles. The average molecular weight is 276 g/mol. The fraction of sp³-hybridized carbons (Fsp3) is 0.167. The molecule has 3 rings (SSSR count). The van der Waals surface area contributed by atoms with Crippen molar-refractivity contribution in [3.8, 4) is 21.8 Å². The van der Waals surface area contributed by atoms with E-state index in [0.29, 0.717) is 5.82 Å². The highest BCUT2D eigenvalue weighted by Crippen LogP contribution is 2.38. The van der Waals surface area contributed by atoms with E-state index in [-0.39, 0.29) is 0 Å². The summed E-state index contributed by atoms with van der Waals surface area (Å²) >= 11 is 3.28. The Morgan fingerprint density at radius 3 is 2.78 bits per heavy atom. The maximum atomic E-state index is 6.12. The third-order valence-corrected chi connectivity index (χ3v) is 4.38. The zero-order chi connectivity index (χ0) is 12.7. The molecule has 0 aliphatic carbocycles. The van der Waals surface area contributed by atoms with Crippen molar-refractivity contribution >= 4 is 28.5 Å². The summed E-state index contributed by atoms with van der Waals surface area (Å²) in [7, 11) is 1.86. The van der Waals surface area contributed by atoms with Crippen LogP contribution in [0, 0.1) is 6.92 Å². The Morgan fingerprint density at radius 1 is 1.33 bits per heavy atom. The molecule has 2 N–H and O–H groups in total. The van der Waals surface area contributed by atoms with Gasteiger partial charge in [0.05, 0.1) is 10.6 Å². The number of aryl methyl sites for hydroxylation is 2. The molecule has 0 radical (unpaired) electrons. The molecule has 3 aromatic heterocycles. The predicted molar refractivity (Wildman–Crippen MR) is 76.8 cm³/mol. The minimum absolute atomic E-state index is 0.679. The van der Waals surface area contributed by atoms with E-state index in [1.807, 2.05) is 30.8 Å². The number of anilines is 1. The Labute approximate surface area is 113 Å². The number of hydrogen-bond acceptors (Lipinski definition) is 5. The van der Waals surface area contributed by atoms with E-state index < -0.39 is 0 Å². The second-order valence-electron chi connectivity index (χ2n) is 3.96. The monoisotopic (exact) mass is 276 g/mol. The van der Waals surface area contributed by atoms with Crippen LogP contribution >= 0.6 is 22.7 Å². The summed E-state index contributed by atoms with van der Waals surface area (Å²) in [6.45, 7) is 1.99. The quantitative estimate of drug-likeness (QED) is 0.782. The lowest BCUT2D eigenvalue weighted by Gasteiger charge is -1.98. The maximum absolute atomic E-state index is 6.12. The second-order valence-corrected chi connectivity index (χ2v) is 5.97. The van der Waals surface area contributed by atoms with Crippen LogP contribution in [0.1, 0.15) is 5.01 Å². The standard InChI is InChI=1S/C12H12N4S2/c1-7-14-8(6-18-7)11-10(9-4-3-5-17-9)12(13)16(2)15-11/h3-6H,13H2,1-2H3. The van der Waals surface area contributed by atoms with Crippen LogP contribution in [0.15, 0.2) is 22.9 Å². The Kier molecular flexibility index (Phi) is 2.68. The van der Waals surface area contributed by atoms with Crippen LogP contribution in [-0.2, 0) is 7.05 Å². The van der Waals surface area contributed by atoms with E-state index in [2.05, 4.69) is 16.1 Å². The summed E-state index contributed by atoms with van der Waals surface area (Å²) in [6, 6.07) is 4.07. The van der Waals surface area contributed by atoms with Crippen LogP contribution in [0.25, 0.3) is 21.8 Å². The van der Waals surface area contributed by atoms with Gasteiger partial charge in [0, 0.05) is 17.3 Å². The van der Waals surface area contributed by atoms with Crippen molar-refractivity contribution in [1.29, 1.82) is 0 Å². The Balaban J connectivity index is 2.24. The Bertz CT molecular complexity index is 679. The highest BCUT2D eigenvalue weighted by Gasteiger charge is 2.19. The highest BCUT2D eigenvalue weighted by atomic mass is 32.1. The largest absolute Gasteiger partial charge is 0.383 e. The van der Waals surface area contributed by atoms with Crippen molar-refractivity contribution in [3.05, 3.63) is 27.9 Å². The molecule has 0 bridgehead atoms. The Hall–Kier alpha value is -1.66. The fourth-order valence-corrected chi connectivity index (χ4v) is 3.23. The highest BCUT2D eigenvalue weighted by molar-refractivity contribution is 7.13. The summed E-state index contributed by atoms with van der Waals surface area (Å²) in [4.78, 5) is 5.62. The Morgan fingerprint density at radius 2 is 2.17 bits per heavy atom. The molecule has 0 aromatic carbocycles. The minimum atomic E-state index is 0.679. The van der Waals surface area contributed by atoms with Crippen LogP contribution in [-0.4, -0.2) is 14.8 Å². The third-order valence-electron chi connectivity index (χ3n) is 2.72. The molecule has 18 heavy (non-hydrogen) atoms. The number of hydrogen-bond donors (Lipinski definition) is 1. The third kappa shape index (κ3) is 1.74. The summed E-state index contributed by atoms with van der Waals surface area (Å²) in [6.07, 6.45) is 0. The van der Waals surface area contributed by atoms with Crippen molar-refractivity contribution in [2.75, 3.05) is 5.73 Å². The number of rotatable bonds is 2. The van der Waals surface area contributed by atoms with E-state index in [1.54, 1.807) is 27.4 Å². The lowest BCUT2D eigenvalue weighted by atomic mass is 10.1. The van der Waals surface area contributed by atoms with Crippen LogP contribution in [0.5, 0.6) is 0 Å². The van der Waals surface area contributed by atoms with Gasteiger partial charge >= 0.3 is 0 Å². The molecular weight excluding hydrogens is 264 g/mol. The first-order chi connectivity index (χ1) is 8.66. The zero-order valence-corrected chi connectivity index (χ0v) is 11.7. The van der Waals surface area contributed by atoms with Crippen LogP contribution in [0.3, 0.4) is 0 Å². The number of nitrogens with two attached hydrogens (primary N) is 1. The first kappa shape index (κ1) is 11.4. The van der Waals surface area contributed by atoms with Gasteiger partial charge in [-0.05, 0) is 18.4 Å². The summed E-state index contributed by atoms with van der Waals surface area (Å²) < 4.78 is 1.71. The molecule has 0 saturated heterocycles. The van der Waals surface area contributed by atoms with E-state index in [0.717, 1.165) is 26.8 Å². The summed E-state index contributed by atoms with van der Waals surface area (Å²) in [5, 5.41) is 9.59. The van der Waals surface area contributed by atoms with Crippen molar-refractivity contribution < 1.29 is 0 Å². The van der Waals surface area contributed by atoms with E-state index >= 15 is 0 Å². The van der Waals surface area contributed by atoms with E-state index in [9.17, 15) is 0 Å². The number of thiophene rings is 1. The lowest BCUT2D eigenvalue weighted by Crippen LogP contribution is -1.97. The summed E-state index contributed by atoms with van der Waals surface area (Å²) in [5.74, 6) is 0.679. The smallest absolute Gasteiger partial charge is 0.130 e. The minimum Gasteiger partial charge on any atom is -0.383 e. The first-order valence-electron chi connectivity index (χ1n) is 5.45. The van der Waals surface area contributed by atoms with Gasteiger partial charge in [-0.3, -0.25) is 4.68 Å². The molecule has 4 nitrogen and oxygen atoms in total. The van der Waals surface area contributed by atoms with Crippen LogP contribution in [0.4, 0.5) is 5.82 Å². The zero-order valence-electron chi connectivity index (χ0n) is 10.0. The maximum Gasteiger partial charge on any atom is 0.130 e. The fourth-order valence-electron chi connectivity index (χ4n) is 1.85. The van der Waals surface area contributed by atoms with Gasteiger partial charge in [-0.25, -0.2) is 4.98 Å². The first-order valence-corrected chi connectivity index (χ1v) is 7.21. The molecule has 0 unspecified atom stereocenters. The van der Waals surface area contributed by atoms with Crippen molar-refractivity contribution in [1.82, 2.24) is 14.8 Å². The van der Waals surface area contributed by atoms with Crippen LogP contribution < -0.4 is 5.73 Å². The van der Waals surface area contributed by atoms with Gasteiger partial charge in [0.2, 0.25) is 0 Å². The number of aromatic nitrogens is 3. The van der Waals surface area contributed by atoms with Gasteiger partial charge in [0.15, 0.2) is 0 Å². The van der Waals surface area contributed by atoms with Crippen molar-refractivity contribution in [2.45, 2.75) is 6.92 Å². The molecule has 0 atom stereocenters. The molecule has 6 heteroatoms. The van der Waals surface area contributed by atoms with Gasteiger partial charge in [0.1, 0.15) is 17.2 Å². The molecule has 92 valence electrons. The SMILES string of the molecule is Cc1nc(-c2nn(C)c(N)c2-c2cccs2)cs1. The van der Waals surface area contributed by atoms with Crippen molar-refractivity contribution in [2.24, 2.45) is 7.05 Å². The van der Waals surface area contributed by atoms with Crippen LogP contribution in [0.2, 0.25) is 0 Å². The molecular formula is C12H12N4S2. The second kappa shape index (κ2) is 4.22. The van der Waals surface area contributed by atoms with Gasteiger partial charge < -0.3 is 5.73 Å². The molecule has 0 amide bonds. The van der Waals surface area contributed by atoms with Gasteiger partial charge in [-0.1, -0.05) is 6.07 Å². The van der Waals surface area contributed by atoms with Gasteiger partial charge in [-0.2, -0.15) is 5.10 Å². The van der Waals surface area contributed by atoms with E-state index in [4.69, 9.17) is 5.73 Å². The molecule has 0 aliphatic rings. The number of thiazole rings is 1. The van der Waals surface area contributed by atoms with Gasteiger partial charge in [0.25, 0.3) is 0 Å². The topological polar surface area (TPSA) is 56.7 Å². The molecule has 0 aliphatic heterocycles. The number of nitrogen functional groups attached to an aromatic ring is 1.